The second-order valence-electron chi connectivity index (χ2n) is 7.80. The quantitative estimate of drug-likeness (QED) is 0.864. The third-order valence-electron chi connectivity index (χ3n) is 6.12. The van der Waals surface area contributed by atoms with Crippen molar-refractivity contribution in [2.45, 2.75) is 31.2 Å². The summed E-state index contributed by atoms with van der Waals surface area (Å²) in [5.74, 6) is -0.453. The van der Waals surface area contributed by atoms with Crippen LogP contribution in [-0.2, 0) is 4.79 Å². The minimum Gasteiger partial charge on any atom is -0.395 e. The minimum absolute atomic E-state index is 0.0356. The number of rotatable bonds is 4. The maximum absolute atomic E-state index is 13.3. The summed E-state index contributed by atoms with van der Waals surface area (Å²) in [6.45, 7) is 1.45. The van der Waals surface area contributed by atoms with Crippen molar-refractivity contribution in [3.8, 4) is 11.1 Å². The minimum atomic E-state index is -0.778. The van der Waals surface area contributed by atoms with Crippen LogP contribution >= 0.6 is 0 Å². The van der Waals surface area contributed by atoms with Crippen LogP contribution < -0.4 is 0 Å². The molecule has 1 atom stereocenters. The molecular weight excluding hydrogens is 371 g/mol. The summed E-state index contributed by atoms with van der Waals surface area (Å²) in [6, 6.07) is 13.5. The highest BCUT2D eigenvalue weighted by molar-refractivity contribution is 6.00. The fourth-order valence-corrected chi connectivity index (χ4v) is 4.66. The third-order valence-corrected chi connectivity index (χ3v) is 6.12. The molecule has 2 heterocycles. The van der Waals surface area contributed by atoms with E-state index in [1.165, 1.54) is 12.1 Å². The number of benzene rings is 2. The lowest BCUT2D eigenvalue weighted by Gasteiger charge is -2.44. The summed E-state index contributed by atoms with van der Waals surface area (Å²) in [7, 11) is 0. The van der Waals surface area contributed by atoms with Gasteiger partial charge < -0.3 is 14.9 Å². The molecule has 2 fully saturated rings. The van der Waals surface area contributed by atoms with Crippen molar-refractivity contribution in [3.05, 3.63) is 59.9 Å². The van der Waals surface area contributed by atoms with Crippen LogP contribution in [0.15, 0.2) is 48.5 Å². The zero-order valence-electron chi connectivity index (χ0n) is 16.3. The fraction of sp³-hybridized carbons (Fsp3) is 0.391. The van der Waals surface area contributed by atoms with Crippen molar-refractivity contribution in [2.75, 3.05) is 26.2 Å². The first-order valence-corrected chi connectivity index (χ1v) is 10.1. The summed E-state index contributed by atoms with van der Waals surface area (Å²) in [5, 5.41) is 9.26. The van der Waals surface area contributed by atoms with Gasteiger partial charge in [-0.3, -0.25) is 9.59 Å². The van der Waals surface area contributed by atoms with Gasteiger partial charge in [0.15, 0.2) is 0 Å². The Morgan fingerprint density at radius 1 is 0.966 bits per heavy atom. The van der Waals surface area contributed by atoms with E-state index >= 15 is 0 Å². The molecule has 2 saturated heterocycles. The van der Waals surface area contributed by atoms with Gasteiger partial charge in [0.05, 0.1) is 6.61 Å². The van der Waals surface area contributed by atoms with Crippen LogP contribution in [0, 0.1) is 5.82 Å². The lowest BCUT2D eigenvalue weighted by molar-refractivity contribution is -0.146. The van der Waals surface area contributed by atoms with Crippen molar-refractivity contribution in [2.24, 2.45) is 0 Å². The molecule has 0 aromatic heterocycles. The van der Waals surface area contributed by atoms with Crippen LogP contribution in [0.2, 0.25) is 0 Å². The summed E-state index contributed by atoms with van der Waals surface area (Å²) >= 11 is 0. The SMILES string of the molecule is O=C(c1ccc(-c2ccc(F)cc2)cc1)N1CCCC12CCCN(CCO)C2=O. The highest BCUT2D eigenvalue weighted by Crippen LogP contribution is 2.39. The third kappa shape index (κ3) is 3.53. The fourth-order valence-electron chi connectivity index (χ4n) is 4.66. The molecule has 0 saturated carbocycles. The molecule has 1 spiro atoms. The predicted octanol–water partition coefficient (Wildman–Crippen LogP) is 3.08. The Bertz CT molecular complexity index is 895. The number of likely N-dealkylation sites (tertiary alicyclic amines) is 2. The van der Waals surface area contributed by atoms with Gasteiger partial charge in [-0.15, -0.1) is 0 Å². The molecule has 2 aliphatic heterocycles. The molecule has 0 bridgehead atoms. The number of hydrogen-bond acceptors (Lipinski definition) is 3. The van der Waals surface area contributed by atoms with E-state index in [1.807, 2.05) is 12.1 Å². The van der Waals surface area contributed by atoms with E-state index < -0.39 is 5.54 Å². The monoisotopic (exact) mass is 396 g/mol. The first-order chi connectivity index (χ1) is 14.0. The predicted molar refractivity (Wildman–Crippen MR) is 108 cm³/mol. The Labute approximate surface area is 169 Å². The van der Waals surface area contributed by atoms with Gasteiger partial charge in [-0.1, -0.05) is 24.3 Å². The summed E-state index contributed by atoms with van der Waals surface area (Å²) in [4.78, 5) is 29.9. The van der Waals surface area contributed by atoms with Crippen LogP contribution in [0.3, 0.4) is 0 Å². The first-order valence-electron chi connectivity index (χ1n) is 10.1. The van der Waals surface area contributed by atoms with Gasteiger partial charge in [0.1, 0.15) is 11.4 Å². The molecule has 29 heavy (non-hydrogen) atoms. The second-order valence-corrected chi connectivity index (χ2v) is 7.80. The molecule has 0 radical (unpaired) electrons. The number of aliphatic hydroxyl groups excluding tert-OH is 1. The molecule has 2 amide bonds. The number of piperidine rings is 1. The van der Waals surface area contributed by atoms with Crippen molar-refractivity contribution in [3.63, 3.8) is 0 Å². The number of β-amino-alcohol motifs (C(OH)–C–C–N with tert-alkyl or cyclic N) is 1. The molecule has 2 aliphatic rings. The van der Waals surface area contributed by atoms with E-state index in [-0.39, 0.29) is 24.2 Å². The van der Waals surface area contributed by atoms with Gasteiger partial charge >= 0.3 is 0 Å². The molecule has 1 N–H and O–H groups in total. The maximum atomic E-state index is 13.3. The molecule has 2 aromatic rings. The van der Waals surface area contributed by atoms with Gasteiger partial charge in [0.2, 0.25) is 5.91 Å². The number of aliphatic hydroxyl groups is 1. The van der Waals surface area contributed by atoms with E-state index in [0.29, 0.717) is 38.0 Å². The maximum Gasteiger partial charge on any atom is 0.254 e. The summed E-state index contributed by atoms with van der Waals surface area (Å²) in [5.41, 5.74) is 1.55. The normalized spacial score (nSPS) is 21.8. The molecule has 0 aliphatic carbocycles. The largest absolute Gasteiger partial charge is 0.395 e. The lowest BCUT2D eigenvalue weighted by Crippen LogP contribution is -2.61. The topological polar surface area (TPSA) is 60.9 Å². The average molecular weight is 396 g/mol. The zero-order chi connectivity index (χ0) is 20.4. The summed E-state index contributed by atoms with van der Waals surface area (Å²) in [6.07, 6.45) is 2.98. The Morgan fingerprint density at radius 2 is 1.55 bits per heavy atom. The zero-order valence-corrected chi connectivity index (χ0v) is 16.3. The summed E-state index contributed by atoms with van der Waals surface area (Å²) < 4.78 is 13.1. The first kappa shape index (κ1) is 19.6. The van der Waals surface area contributed by atoms with Crippen molar-refractivity contribution in [1.29, 1.82) is 0 Å². The Morgan fingerprint density at radius 3 is 2.17 bits per heavy atom. The second kappa shape index (κ2) is 7.95. The molecule has 1 unspecified atom stereocenters. The smallest absolute Gasteiger partial charge is 0.254 e. The number of amides is 2. The van der Waals surface area contributed by atoms with Crippen molar-refractivity contribution in [1.82, 2.24) is 9.80 Å². The van der Waals surface area contributed by atoms with Crippen LogP contribution in [0.4, 0.5) is 4.39 Å². The molecule has 4 rings (SSSR count). The standard InChI is InChI=1S/C23H25FN2O3/c24-20-9-7-18(8-10-20)17-3-5-19(6-4-17)21(28)26-14-2-12-23(26)11-1-13-25(15-16-27)22(23)29/h3-10,27H,1-2,11-16H2. The Balaban J connectivity index is 1.57. The lowest BCUT2D eigenvalue weighted by atomic mass is 9.85. The number of carbonyl (C=O) groups is 2. The highest BCUT2D eigenvalue weighted by Gasteiger charge is 2.52. The van der Waals surface area contributed by atoms with Gasteiger partial charge in [-0.05, 0) is 61.1 Å². The molecule has 5 nitrogen and oxygen atoms in total. The van der Waals surface area contributed by atoms with Gasteiger partial charge in [0.25, 0.3) is 5.91 Å². The Kier molecular flexibility index (Phi) is 5.37. The number of halogens is 1. The van der Waals surface area contributed by atoms with Crippen LogP contribution in [0.1, 0.15) is 36.0 Å². The molecule has 152 valence electrons. The molecular formula is C23H25FN2O3. The Hall–Kier alpha value is -2.73. The van der Waals surface area contributed by atoms with Crippen LogP contribution in [0.5, 0.6) is 0 Å². The van der Waals surface area contributed by atoms with E-state index in [4.69, 9.17) is 0 Å². The highest BCUT2D eigenvalue weighted by atomic mass is 19.1. The number of hydrogen-bond donors (Lipinski definition) is 1. The van der Waals surface area contributed by atoms with Crippen LogP contribution in [-0.4, -0.2) is 58.5 Å². The average Bonchev–Trinajstić information content (AvgIpc) is 3.16. The van der Waals surface area contributed by atoms with E-state index in [1.54, 1.807) is 34.1 Å². The van der Waals surface area contributed by atoms with Gasteiger partial charge in [-0.2, -0.15) is 0 Å². The van der Waals surface area contributed by atoms with Crippen molar-refractivity contribution >= 4 is 11.8 Å². The van der Waals surface area contributed by atoms with Crippen molar-refractivity contribution < 1.29 is 19.1 Å². The van der Waals surface area contributed by atoms with Crippen LogP contribution in [0.25, 0.3) is 11.1 Å². The van der Waals surface area contributed by atoms with Gasteiger partial charge in [-0.25, -0.2) is 4.39 Å². The van der Waals surface area contributed by atoms with E-state index in [0.717, 1.165) is 24.0 Å². The number of nitrogens with zero attached hydrogens (tertiary/aromatic N) is 2. The van der Waals surface area contributed by atoms with Gasteiger partial charge in [0, 0.05) is 25.2 Å². The number of carbonyl (C=O) groups excluding carboxylic acids is 2. The van der Waals surface area contributed by atoms with E-state index in [9.17, 15) is 19.1 Å². The molecule has 6 heteroatoms. The van der Waals surface area contributed by atoms with E-state index in [2.05, 4.69) is 0 Å². The molecule has 2 aromatic carbocycles.